The lowest BCUT2D eigenvalue weighted by atomic mass is 9.85. The lowest BCUT2D eigenvalue weighted by Crippen LogP contribution is -2.38. The van der Waals surface area contributed by atoms with Crippen LogP contribution in [-0.4, -0.2) is 67.2 Å². The van der Waals surface area contributed by atoms with Crippen molar-refractivity contribution in [2.45, 2.75) is 31.5 Å². The van der Waals surface area contributed by atoms with Crippen LogP contribution in [0.25, 0.3) is 0 Å². The highest BCUT2D eigenvalue weighted by Gasteiger charge is 2.51. The van der Waals surface area contributed by atoms with Crippen molar-refractivity contribution in [3.63, 3.8) is 0 Å². The van der Waals surface area contributed by atoms with Crippen molar-refractivity contribution in [2.75, 3.05) is 25.4 Å². The summed E-state index contributed by atoms with van der Waals surface area (Å²) in [4.78, 5) is 37.8. The number of aromatic amines is 1. The van der Waals surface area contributed by atoms with Crippen LogP contribution >= 0.6 is 11.8 Å². The molecule has 9 heteroatoms. The molecule has 2 amide bonds. The van der Waals surface area contributed by atoms with Crippen LogP contribution in [0.3, 0.4) is 0 Å². The predicted octanol–water partition coefficient (Wildman–Crippen LogP) is 1.25. The maximum Gasteiger partial charge on any atom is 0.233 e. The molecule has 27 heavy (non-hydrogen) atoms. The fourth-order valence-electron chi connectivity index (χ4n) is 3.80. The minimum Gasteiger partial charge on any atom is -0.341 e. The number of carbonyl (C=O) groups is 2. The largest absolute Gasteiger partial charge is 0.341 e. The molecule has 4 heterocycles. The van der Waals surface area contributed by atoms with Gasteiger partial charge in [-0.25, -0.2) is 4.98 Å². The van der Waals surface area contributed by atoms with Gasteiger partial charge in [0.2, 0.25) is 17.0 Å². The van der Waals surface area contributed by atoms with Crippen molar-refractivity contribution in [3.8, 4) is 0 Å². The van der Waals surface area contributed by atoms with E-state index in [4.69, 9.17) is 0 Å². The molecule has 142 valence electrons. The van der Waals surface area contributed by atoms with Gasteiger partial charge in [0.1, 0.15) is 5.82 Å². The third-order valence-corrected chi connectivity index (χ3v) is 6.12. The fourth-order valence-corrected chi connectivity index (χ4v) is 4.55. The summed E-state index contributed by atoms with van der Waals surface area (Å²) in [5.74, 6) is 1.21. The zero-order valence-corrected chi connectivity index (χ0v) is 16.0. The molecular weight excluding hydrogens is 364 g/mol. The molecule has 1 spiro atoms. The first-order valence-electron chi connectivity index (χ1n) is 9.05. The summed E-state index contributed by atoms with van der Waals surface area (Å²) in [6, 6.07) is 5.74. The average molecular weight is 386 g/mol. The van der Waals surface area contributed by atoms with Gasteiger partial charge in [0, 0.05) is 25.8 Å². The zero-order valence-electron chi connectivity index (χ0n) is 15.2. The molecule has 2 aliphatic heterocycles. The Bertz CT molecular complexity index is 841. The smallest absolute Gasteiger partial charge is 0.233 e. The van der Waals surface area contributed by atoms with Crippen LogP contribution in [-0.2, 0) is 16.1 Å². The molecular formula is C18H22N6O2S. The van der Waals surface area contributed by atoms with E-state index in [1.54, 1.807) is 6.20 Å². The van der Waals surface area contributed by atoms with Gasteiger partial charge in [-0.3, -0.25) is 19.7 Å². The highest BCUT2D eigenvalue weighted by molar-refractivity contribution is 7.99. The minimum atomic E-state index is -0.420. The van der Waals surface area contributed by atoms with Gasteiger partial charge in [-0.15, -0.1) is 5.10 Å². The van der Waals surface area contributed by atoms with Gasteiger partial charge in [0.25, 0.3) is 0 Å². The Morgan fingerprint density at radius 3 is 2.93 bits per heavy atom. The number of pyridine rings is 1. The van der Waals surface area contributed by atoms with Gasteiger partial charge in [-0.05, 0) is 31.9 Å². The Labute approximate surface area is 161 Å². The lowest BCUT2D eigenvalue weighted by molar-refractivity contribution is -0.136. The van der Waals surface area contributed by atoms with Crippen LogP contribution in [0.1, 0.15) is 24.4 Å². The summed E-state index contributed by atoms with van der Waals surface area (Å²) >= 11 is 1.32. The Morgan fingerprint density at radius 2 is 2.19 bits per heavy atom. The van der Waals surface area contributed by atoms with Gasteiger partial charge in [-0.1, -0.05) is 17.8 Å². The number of likely N-dealkylation sites (tertiary alicyclic amines) is 2. The van der Waals surface area contributed by atoms with Crippen molar-refractivity contribution in [1.29, 1.82) is 0 Å². The first kappa shape index (κ1) is 18.0. The molecule has 0 radical (unpaired) electrons. The van der Waals surface area contributed by atoms with Crippen LogP contribution in [0.5, 0.6) is 0 Å². The fraction of sp³-hybridized carbons (Fsp3) is 0.500. The first-order chi connectivity index (χ1) is 13.1. The number of hydrogen-bond donors (Lipinski definition) is 1. The van der Waals surface area contributed by atoms with Crippen LogP contribution in [0.4, 0.5) is 0 Å². The summed E-state index contributed by atoms with van der Waals surface area (Å²) in [5, 5.41) is 7.38. The van der Waals surface area contributed by atoms with E-state index in [1.807, 2.05) is 34.9 Å². The Kier molecular flexibility index (Phi) is 4.86. The van der Waals surface area contributed by atoms with E-state index in [-0.39, 0.29) is 11.8 Å². The average Bonchev–Trinajstić information content (AvgIpc) is 3.37. The summed E-state index contributed by atoms with van der Waals surface area (Å²) in [5.41, 5.74) is 0.475. The van der Waals surface area contributed by atoms with Crippen LogP contribution in [0, 0.1) is 12.3 Å². The number of amides is 2. The van der Waals surface area contributed by atoms with E-state index in [9.17, 15) is 9.59 Å². The number of nitrogens with zero attached hydrogens (tertiary/aromatic N) is 5. The maximum atomic E-state index is 13.0. The van der Waals surface area contributed by atoms with E-state index in [1.165, 1.54) is 11.8 Å². The normalized spacial score (nSPS) is 22.2. The summed E-state index contributed by atoms with van der Waals surface area (Å²) in [7, 11) is 0. The molecule has 0 saturated carbocycles. The Hall–Kier alpha value is -2.42. The van der Waals surface area contributed by atoms with E-state index in [0.29, 0.717) is 30.5 Å². The van der Waals surface area contributed by atoms with E-state index in [2.05, 4.69) is 20.2 Å². The Balaban J connectivity index is 1.34. The third kappa shape index (κ3) is 3.69. The van der Waals surface area contributed by atoms with E-state index >= 15 is 0 Å². The predicted molar refractivity (Wildman–Crippen MR) is 99.7 cm³/mol. The molecule has 1 atom stereocenters. The molecule has 0 aromatic carbocycles. The maximum absolute atomic E-state index is 13.0. The second-order valence-corrected chi connectivity index (χ2v) is 8.08. The zero-order chi connectivity index (χ0) is 18.9. The molecule has 0 bridgehead atoms. The van der Waals surface area contributed by atoms with Crippen molar-refractivity contribution in [3.05, 3.63) is 35.9 Å². The lowest BCUT2D eigenvalue weighted by Gasteiger charge is -2.23. The highest BCUT2D eigenvalue weighted by atomic mass is 32.2. The molecule has 0 aliphatic carbocycles. The number of aryl methyl sites for hydroxylation is 1. The number of thioether (sulfide) groups is 1. The third-order valence-electron chi connectivity index (χ3n) is 5.29. The van der Waals surface area contributed by atoms with Crippen LogP contribution in [0.15, 0.2) is 29.6 Å². The summed E-state index contributed by atoms with van der Waals surface area (Å²) < 4.78 is 0. The number of carbonyl (C=O) groups excluding carboxylic acids is 2. The molecule has 2 aromatic heterocycles. The molecule has 2 saturated heterocycles. The quantitative estimate of drug-likeness (QED) is 0.777. The van der Waals surface area contributed by atoms with Gasteiger partial charge >= 0.3 is 0 Å². The number of nitrogens with one attached hydrogen (secondary N) is 1. The monoisotopic (exact) mass is 386 g/mol. The van der Waals surface area contributed by atoms with Crippen LogP contribution < -0.4 is 0 Å². The van der Waals surface area contributed by atoms with Crippen molar-refractivity contribution in [1.82, 2.24) is 30.0 Å². The standard InChI is InChI=1S/C18H22N6O2S/c1-13-20-17(22-21-13)27-11-15(25)24-9-6-18(12-24)5-8-23(16(18)26)10-14-4-2-3-7-19-14/h2-4,7H,5-6,8-12H2,1H3,(H,20,21,22). The first-order valence-corrected chi connectivity index (χ1v) is 10.0. The number of rotatable bonds is 5. The second kappa shape index (κ2) is 7.30. The topological polar surface area (TPSA) is 95.1 Å². The second-order valence-electron chi connectivity index (χ2n) is 7.14. The van der Waals surface area contributed by atoms with Gasteiger partial charge in [-0.2, -0.15) is 0 Å². The minimum absolute atomic E-state index is 0.0373. The van der Waals surface area contributed by atoms with E-state index < -0.39 is 5.41 Å². The van der Waals surface area contributed by atoms with Crippen LogP contribution in [0.2, 0.25) is 0 Å². The Morgan fingerprint density at radius 1 is 1.33 bits per heavy atom. The van der Waals surface area contributed by atoms with Crippen molar-refractivity contribution in [2.24, 2.45) is 5.41 Å². The summed E-state index contributed by atoms with van der Waals surface area (Å²) in [6.45, 7) is 4.23. The molecule has 8 nitrogen and oxygen atoms in total. The molecule has 1 N–H and O–H groups in total. The molecule has 4 rings (SSSR count). The van der Waals surface area contributed by atoms with Gasteiger partial charge in [0.15, 0.2) is 0 Å². The summed E-state index contributed by atoms with van der Waals surface area (Å²) in [6.07, 6.45) is 3.28. The van der Waals surface area contributed by atoms with Crippen molar-refractivity contribution < 1.29 is 9.59 Å². The number of H-pyrrole nitrogens is 1. The van der Waals surface area contributed by atoms with Crippen molar-refractivity contribution >= 4 is 23.6 Å². The molecule has 2 aliphatic rings. The van der Waals surface area contributed by atoms with E-state index in [0.717, 1.165) is 30.9 Å². The molecule has 2 fully saturated rings. The van der Waals surface area contributed by atoms with Gasteiger partial charge < -0.3 is 9.80 Å². The number of hydrogen-bond acceptors (Lipinski definition) is 6. The molecule has 1 unspecified atom stereocenters. The van der Waals surface area contributed by atoms with Gasteiger partial charge in [0.05, 0.1) is 23.4 Å². The number of aromatic nitrogens is 4. The molecule has 2 aromatic rings. The SMILES string of the molecule is Cc1nc(SCC(=O)N2CCC3(CCN(Cc4ccccn4)C3=O)C2)n[nH]1. The highest BCUT2D eigenvalue weighted by Crippen LogP contribution is 2.41.